The summed E-state index contributed by atoms with van der Waals surface area (Å²) in [5.74, 6) is 2.38. The number of rotatable bonds is 5. The van der Waals surface area contributed by atoms with Gasteiger partial charge in [0.1, 0.15) is 14.6 Å². The Morgan fingerprint density at radius 1 is 1.00 bits per heavy atom. The summed E-state index contributed by atoms with van der Waals surface area (Å²) in [6, 6.07) is 10.4. The number of benzene rings is 2. The normalized spacial score (nSPS) is 12.1. The Hall–Kier alpha value is -2.55. The Labute approximate surface area is 195 Å². The Balaban J connectivity index is 2.49. The van der Waals surface area contributed by atoms with Gasteiger partial charge in [0.2, 0.25) is 0 Å². The number of nitrogens with zero attached hydrogens (tertiary/aromatic N) is 1. The highest BCUT2D eigenvalue weighted by Gasteiger charge is 2.41. The van der Waals surface area contributed by atoms with Crippen LogP contribution in [-0.2, 0) is 11.3 Å². The first kappa shape index (κ1) is 24.1. The third kappa shape index (κ3) is 3.98. The SMILES string of the molecule is CC(C)[Si](C#Cc1c(Cl)ccc2c(=O)c3ccccc3n(CC(=O)O)c12)(C(C)C)C(C)C. The molecule has 0 fully saturated rings. The predicted molar refractivity (Wildman–Crippen MR) is 136 cm³/mol. The minimum Gasteiger partial charge on any atom is -0.480 e. The van der Waals surface area contributed by atoms with Crippen LogP contribution in [0.25, 0.3) is 21.8 Å². The summed E-state index contributed by atoms with van der Waals surface area (Å²) in [6.45, 7) is 13.1. The minimum atomic E-state index is -2.06. The molecule has 0 aliphatic rings. The largest absolute Gasteiger partial charge is 0.480 e. The number of carboxylic acid groups (broad SMARTS) is 1. The quantitative estimate of drug-likeness (QED) is 0.266. The van der Waals surface area contributed by atoms with Gasteiger partial charge in [-0.15, -0.1) is 5.54 Å². The zero-order valence-corrected chi connectivity index (χ0v) is 21.2. The molecule has 168 valence electrons. The molecule has 0 unspecified atom stereocenters. The maximum Gasteiger partial charge on any atom is 0.323 e. The van der Waals surface area contributed by atoms with Crippen LogP contribution in [0.15, 0.2) is 41.2 Å². The number of halogens is 1. The Morgan fingerprint density at radius 3 is 2.16 bits per heavy atom. The fraction of sp³-hybridized carbons (Fsp3) is 0.385. The summed E-state index contributed by atoms with van der Waals surface area (Å²) >= 11 is 6.63. The Morgan fingerprint density at radius 2 is 1.59 bits per heavy atom. The average Bonchev–Trinajstić information content (AvgIpc) is 2.71. The molecule has 0 aliphatic carbocycles. The van der Waals surface area contributed by atoms with Crippen molar-refractivity contribution in [3.05, 3.63) is 57.2 Å². The smallest absolute Gasteiger partial charge is 0.323 e. The second kappa shape index (κ2) is 9.13. The molecule has 0 aliphatic heterocycles. The zero-order valence-electron chi connectivity index (χ0n) is 19.5. The monoisotopic (exact) mass is 467 g/mol. The van der Waals surface area contributed by atoms with Crippen LogP contribution in [0.5, 0.6) is 0 Å². The number of para-hydroxylation sites is 1. The van der Waals surface area contributed by atoms with E-state index in [4.69, 9.17) is 11.6 Å². The van der Waals surface area contributed by atoms with Crippen LogP contribution >= 0.6 is 11.6 Å². The number of aliphatic carboxylic acids is 1. The number of aromatic nitrogens is 1. The van der Waals surface area contributed by atoms with Gasteiger partial charge in [-0.25, -0.2) is 0 Å². The molecular formula is C26H30ClNO3Si. The maximum atomic E-state index is 13.3. The number of carboxylic acids is 1. The molecule has 0 saturated heterocycles. The molecule has 0 spiro atoms. The van der Waals surface area contributed by atoms with Gasteiger partial charge in [-0.2, -0.15) is 0 Å². The highest BCUT2D eigenvalue weighted by atomic mass is 35.5. The Bertz CT molecular complexity index is 1290. The molecule has 0 saturated carbocycles. The van der Waals surface area contributed by atoms with Gasteiger partial charge in [-0.1, -0.05) is 71.2 Å². The molecule has 1 aromatic heterocycles. The van der Waals surface area contributed by atoms with Crippen molar-refractivity contribution in [2.24, 2.45) is 0 Å². The molecule has 32 heavy (non-hydrogen) atoms. The number of pyridine rings is 1. The van der Waals surface area contributed by atoms with Gasteiger partial charge in [0.05, 0.1) is 21.6 Å². The lowest BCUT2D eigenvalue weighted by Crippen LogP contribution is -2.43. The molecule has 0 atom stereocenters. The first-order chi connectivity index (χ1) is 15.0. The van der Waals surface area contributed by atoms with Gasteiger partial charge in [-0.3, -0.25) is 9.59 Å². The highest BCUT2D eigenvalue weighted by molar-refractivity contribution is 6.90. The van der Waals surface area contributed by atoms with E-state index in [1.165, 1.54) is 0 Å². The summed E-state index contributed by atoms with van der Waals surface area (Å²) in [5.41, 5.74) is 6.43. The molecule has 6 heteroatoms. The zero-order chi connectivity index (χ0) is 23.8. The van der Waals surface area contributed by atoms with Gasteiger partial charge in [0.15, 0.2) is 5.43 Å². The topological polar surface area (TPSA) is 59.3 Å². The van der Waals surface area contributed by atoms with Gasteiger partial charge < -0.3 is 9.67 Å². The van der Waals surface area contributed by atoms with Crippen LogP contribution in [0.4, 0.5) is 0 Å². The fourth-order valence-electron chi connectivity index (χ4n) is 5.22. The highest BCUT2D eigenvalue weighted by Crippen LogP contribution is 2.41. The van der Waals surface area contributed by atoms with E-state index in [0.717, 1.165) is 0 Å². The molecule has 0 radical (unpaired) electrons. The molecule has 0 bridgehead atoms. The van der Waals surface area contributed by atoms with E-state index in [-0.39, 0.29) is 12.0 Å². The van der Waals surface area contributed by atoms with Crippen molar-refractivity contribution < 1.29 is 9.90 Å². The van der Waals surface area contributed by atoms with Gasteiger partial charge in [0, 0.05) is 10.8 Å². The Kier molecular flexibility index (Phi) is 6.88. The fourth-order valence-corrected chi connectivity index (χ4v) is 10.6. The molecule has 1 heterocycles. The number of fused-ring (bicyclic) bond motifs is 2. The van der Waals surface area contributed by atoms with Crippen molar-refractivity contribution >= 4 is 47.4 Å². The summed E-state index contributed by atoms with van der Waals surface area (Å²) in [6.07, 6.45) is 0. The van der Waals surface area contributed by atoms with E-state index in [1.807, 2.05) is 0 Å². The van der Waals surface area contributed by atoms with Crippen LogP contribution in [0, 0.1) is 11.5 Å². The van der Waals surface area contributed by atoms with E-state index in [9.17, 15) is 14.7 Å². The molecule has 3 aromatic rings. The predicted octanol–water partition coefficient (Wildman–Crippen LogP) is 6.46. The molecule has 2 aromatic carbocycles. The molecule has 3 rings (SSSR count). The standard InChI is InChI=1S/C26H30ClNO3Si/c1-16(2)32(17(3)4,18(5)6)14-13-19-22(27)12-11-21-25(19)28(15-24(29)30)23-10-8-7-9-20(23)26(21)31/h7-12,16-18H,15H2,1-6H3,(H,29,30). The van der Waals surface area contributed by atoms with Crippen LogP contribution < -0.4 is 5.43 Å². The average molecular weight is 468 g/mol. The summed E-state index contributed by atoms with van der Waals surface area (Å²) < 4.78 is 1.66. The van der Waals surface area contributed by atoms with Crippen LogP contribution in [0.3, 0.4) is 0 Å². The van der Waals surface area contributed by atoms with Crippen molar-refractivity contribution in [1.82, 2.24) is 4.57 Å². The maximum absolute atomic E-state index is 13.3. The number of carbonyl (C=O) groups is 1. The second-order valence-electron chi connectivity index (χ2n) is 9.29. The van der Waals surface area contributed by atoms with Crippen molar-refractivity contribution in [3.63, 3.8) is 0 Å². The number of hydrogen-bond donors (Lipinski definition) is 1. The van der Waals surface area contributed by atoms with E-state index >= 15 is 0 Å². The third-order valence-electron chi connectivity index (χ3n) is 6.64. The second-order valence-corrected chi connectivity index (χ2v) is 15.3. The van der Waals surface area contributed by atoms with Crippen molar-refractivity contribution in [1.29, 1.82) is 0 Å². The van der Waals surface area contributed by atoms with E-state index in [1.54, 1.807) is 41.0 Å². The minimum absolute atomic E-state index is 0.142. The lowest BCUT2D eigenvalue weighted by molar-refractivity contribution is -0.137. The van der Waals surface area contributed by atoms with Crippen molar-refractivity contribution in [2.45, 2.75) is 64.7 Å². The molecule has 4 nitrogen and oxygen atoms in total. The van der Waals surface area contributed by atoms with Crippen molar-refractivity contribution in [3.8, 4) is 11.5 Å². The summed E-state index contributed by atoms with van der Waals surface area (Å²) in [7, 11) is -2.06. The molecular weight excluding hydrogens is 438 g/mol. The summed E-state index contributed by atoms with van der Waals surface area (Å²) in [5, 5.41) is 11.0. The van der Waals surface area contributed by atoms with Gasteiger partial charge in [-0.05, 0) is 40.9 Å². The van der Waals surface area contributed by atoms with Crippen molar-refractivity contribution in [2.75, 3.05) is 0 Å². The first-order valence-corrected chi connectivity index (χ1v) is 13.6. The van der Waals surface area contributed by atoms with Crippen LogP contribution in [0.1, 0.15) is 47.1 Å². The van der Waals surface area contributed by atoms with E-state index < -0.39 is 14.0 Å². The van der Waals surface area contributed by atoms with Gasteiger partial charge >= 0.3 is 5.97 Å². The van der Waals surface area contributed by atoms with E-state index in [2.05, 4.69) is 53.0 Å². The van der Waals surface area contributed by atoms with Crippen LogP contribution in [0.2, 0.25) is 21.6 Å². The number of hydrogen-bond acceptors (Lipinski definition) is 2. The van der Waals surface area contributed by atoms with Crippen LogP contribution in [-0.4, -0.2) is 23.7 Å². The molecule has 0 amide bonds. The van der Waals surface area contributed by atoms with Gasteiger partial charge in [0.25, 0.3) is 0 Å². The molecule has 1 N–H and O–H groups in total. The third-order valence-corrected chi connectivity index (χ3v) is 13.2. The lowest BCUT2D eigenvalue weighted by atomic mass is 10.1. The first-order valence-electron chi connectivity index (χ1n) is 11.0. The summed E-state index contributed by atoms with van der Waals surface area (Å²) in [4.78, 5) is 25.0. The van der Waals surface area contributed by atoms with E-state index in [0.29, 0.717) is 49.0 Å². The lowest BCUT2D eigenvalue weighted by Gasteiger charge is -2.38.